The van der Waals surface area contributed by atoms with Crippen LogP contribution >= 0.6 is 0 Å². The van der Waals surface area contributed by atoms with Crippen molar-refractivity contribution in [2.75, 3.05) is 0 Å². The summed E-state index contributed by atoms with van der Waals surface area (Å²) in [6.45, 7) is 0. The molecule has 1 heterocycles. The standard InChI is InChI=1S/C2H2N2O3S/c5-8(6)2-4-3-1-7-2/h1,8H. The second-order valence-corrected chi connectivity index (χ2v) is 1.88. The third-order valence-electron chi connectivity index (χ3n) is 0.505. The molecule has 44 valence electrons. The molecule has 0 bridgehead atoms. The molecule has 0 aliphatic heterocycles. The van der Waals surface area contributed by atoms with E-state index in [1.807, 2.05) is 0 Å². The van der Waals surface area contributed by atoms with Gasteiger partial charge in [-0.05, 0) is 0 Å². The number of hydrogen-bond donors (Lipinski definition) is 1. The Morgan fingerprint density at radius 2 is 2.38 bits per heavy atom. The fourth-order valence-electron chi connectivity index (χ4n) is 0.247. The molecule has 0 aliphatic rings. The van der Waals surface area contributed by atoms with E-state index in [-0.39, 0.29) is 5.22 Å². The minimum Gasteiger partial charge on any atom is -0.416 e. The summed E-state index contributed by atoms with van der Waals surface area (Å²) in [6, 6.07) is 0. The minimum atomic E-state index is -2.70. The van der Waals surface area contributed by atoms with Gasteiger partial charge in [-0.25, -0.2) is 8.42 Å². The van der Waals surface area contributed by atoms with Crippen LogP contribution in [0.5, 0.6) is 0 Å². The maximum atomic E-state index is 9.90. The first kappa shape index (κ1) is 5.23. The smallest absolute Gasteiger partial charge is 0.332 e. The second kappa shape index (κ2) is 1.91. The van der Waals surface area contributed by atoms with Crippen molar-refractivity contribution in [1.82, 2.24) is 10.2 Å². The van der Waals surface area contributed by atoms with Gasteiger partial charge in [0.25, 0.3) is 0 Å². The van der Waals surface area contributed by atoms with E-state index in [4.69, 9.17) is 0 Å². The van der Waals surface area contributed by atoms with Gasteiger partial charge in [-0.15, -0.1) is 5.10 Å². The normalized spacial score (nSPS) is 10.1. The number of aromatic nitrogens is 2. The number of rotatable bonds is 1. The SMILES string of the molecule is O=[SH](=O)c1nnco1. The molecule has 8 heavy (non-hydrogen) atoms. The first-order chi connectivity index (χ1) is 3.80. The zero-order chi connectivity index (χ0) is 5.98. The van der Waals surface area contributed by atoms with Gasteiger partial charge in [0, 0.05) is 0 Å². The van der Waals surface area contributed by atoms with Crippen molar-refractivity contribution in [2.24, 2.45) is 0 Å². The first-order valence-electron chi connectivity index (χ1n) is 1.71. The minimum absolute atomic E-state index is 0.347. The molecule has 1 rings (SSSR count). The topological polar surface area (TPSA) is 73.1 Å². The highest BCUT2D eigenvalue weighted by Crippen LogP contribution is 1.89. The van der Waals surface area contributed by atoms with E-state index in [1.54, 1.807) is 0 Å². The summed E-state index contributed by atoms with van der Waals surface area (Å²) >= 11 is 0. The molecule has 0 atom stereocenters. The molecule has 5 nitrogen and oxygen atoms in total. The van der Waals surface area contributed by atoms with E-state index >= 15 is 0 Å². The van der Waals surface area contributed by atoms with Crippen LogP contribution in [0.1, 0.15) is 0 Å². The van der Waals surface area contributed by atoms with Gasteiger partial charge >= 0.3 is 5.22 Å². The van der Waals surface area contributed by atoms with Crippen molar-refractivity contribution in [3.63, 3.8) is 0 Å². The number of nitrogens with zero attached hydrogens (tertiary/aromatic N) is 2. The van der Waals surface area contributed by atoms with Crippen molar-refractivity contribution in [1.29, 1.82) is 0 Å². The Morgan fingerprint density at radius 3 is 2.62 bits per heavy atom. The maximum absolute atomic E-state index is 9.90. The fourth-order valence-corrected chi connectivity index (χ4v) is 0.505. The summed E-state index contributed by atoms with van der Waals surface area (Å²) in [5, 5.41) is 5.90. The molecule has 0 unspecified atom stereocenters. The Bertz CT molecular complexity index is 217. The van der Waals surface area contributed by atoms with Crippen LogP contribution in [0.3, 0.4) is 0 Å². The Kier molecular flexibility index (Phi) is 1.25. The highest BCUT2D eigenvalue weighted by molar-refractivity contribution is 7.72. The zero-order valence-corrected chi connectivity index (χ0v) is 4.54. The van der Waals surface area contributed by atoms with Crippen molar-refractivity contribution < 1.29 is 12.8 Å². The first-order valence-corrected chi connectivity index (χ1v) is 2.89. The molecule has 0 N–H and O–H groups in total. The molecule has 1 aromatic heterocycles. The zero-order valence-electron chi connectivity index (χ0n) is 3.64. The summed E-state index contributed by atoms with van der Waals surface area (Å²) in [7, 11) is -2.70. The van der Waals surface area contributed by atoms with Gasteiger partial charge in [-0.3, -0.25) is 0 Å². The predicted octanol–water partition coefficient (Wildman–Crippen LogP) is -0.960. The van der Waals surface area contributed by atoms with E-state index in [0.717, 1.165) is 6.39 Å². The number of hydrogen-bond acceptors (Lipinski definition) is 5. The molecule has 6 heteroatoms. The summed E-state index contributed by atoms with van der Waals surface area (Å²) < 4.78 is 24.1. The highest BCUT2D eigenvalue weighted by Gasteiger charge is 1.96. The molecule has 0 spiro atoms. The summed E-state index contributed by atoms with van der Waals surface area (Å²) in [5.41, 5.74) is 0. The van der Waals surface area contributed by atoms with Crippen LogP contribution in [0.2, 0.25) is 0 Å². The molecule has 1 aromatic rings. The van der Waals surface area contributed by atoms with Crippen molar-refractivity contribution in [3.05, 3.63) is 6.39 Å². The molecule has 0 saturated heterocycles. The largest absolute Gasteiger partial charge is 0.416 e. The van der Waals surface area contributed by atoms with E-state index < -0.39 is 10.7 Å². The van der Waals surface area contributed by atoms with Crippen molar-refractivity contribution in [2.45, 2.75) is 5.22 Å². The average Bonchev–Trinajstić information content (AvgIpc) is 2.12. The van der Waals surface area contributed by atoms with Gasteiger partial charge in [-0.2, -0.15) is 0 Å². The van der Waals surface area contributed by atoms with Gasteiger partial charge in [0.1, 0.15) is 0 Å². The van der Waals surface area contributed by atoms with Crippen LogP contribution in [0, 0.1) is 0 Å². The van der Waals surface area contributed by atoms with E-state index in [0.29, 0.717) is 0 Å². The molecule has 0 radical (unpaired) electrons. The summed E-state index contributed by atoms with van der Waals surface area (Å²) in [4.78, 5) is 0. The van der Waals surface area contributed by atoms with E-state index in [2.05, 4.69) is 14.6 Å². The number of thiol groups is 1. The molecule has 0 amide bonds. The summed E-state index contributed by atoms with van der Waals surface area (Å²) in [6.07, 6.45) is 0.959. The van der Waals surface area contributed by atoms with Crippen LogP contribution in [0.25, 0.3) is 0 Å². The van der Waals surface area contributed by atoms with Gasteiger partial charge in [-0.1, -0.05) is 5.10 Å². The van der Waals surface area contributed by atoms with Gasteiger partial charge in [0.15, 0.2) is 0 Å². The lowest BCUT2D eigenvalue weighted by Gasteiger charge is -1.67. The molecule has 0 aromatic carbocycles. The molecular formula is C2H2N2O3S. The van der Waals surface area contributed by atoms with E-state index in [9.17, 15) is 8.42 Å². The van der Waals surface area contributed by atoms with Crippen molar-refractivity contribution >= 4 is 10.7 Å². The maximum Gasteiger partial charge on any atom is 0.332 e. The third kappa shape index (κ3) is 0.836. The Hall–Kier alpha value is -0.910. The Labute approximate surface area is 46.3 Å². The molecule has 0 saturated carbocycles. The molecular weight excluding hydrogens is 132 g/mol. The van der Waals surface area contributed by atoms with Gasteiger partial charge in [0.05, 0.1) is 0 Å². The fraction of sp³-hybridized carbons (Fsp3) is 0. The average molecular weight is 134 g/mol. The van der Waals surface area contributed by atoms with Gasteiger partial charge in [0.2, 0.25) is 17.1 Å². The lowest BCUT2D eigenvalue weighted by molar-refractivity contribution is 0.436. The predicted molar refractivity (Wildman–Crippen MR) is 22.9 cm³/mol. The van der Waals surface area contributed by atoms with E-state index in [1.165, 1.54) is 0 Å². The molecule has 0 fully saturated rings. The van der Waals surface area contributed by atoms with Crippen LogP contribution in [0.15, 0.2) is 16.0 Å². The van der Waals surface area contributed by atoms with Crippen LogP contribution in [-0.2, 0) is 10.7 Å². The highest BCUT2D eigenvalue weighted by atomic mass is 32.2. The molecule has 0 aliphatic carbocycles. The lowest BCUT2D eigenvalue weighted by Crippen LogP contribution is -1.77. The quantitative estimate of drug-likeness (QED) is 0.501. The van der Waals surface area contributed by atoms with Crippen LogP contribution < -0.4 is 0 Å². The third-order valence-corrected chi connectivity index (χ3v) is 1.01. The second-order valence-electron chi connectivity index (χ2n) is 0.978. The van der Waals surface area contributed by atoms with Crippen LogP contribution in [-0.4, -0.2) is 18.6 Å². The van der Waals surface area contributed by atoms with Crippen LogP contribution in [0.4, 0.5) is 0 Å². The lowest BCUT2D eigenvalue weighted by atomic mass is 11.5. The monoisotopic (exact) mass is 134 g/mol. The Morgan fingerprint density at radius 1 is 1.62 bits per heavy atom. The van der Waals surface area contributed by atoms with Gasteiger partial charge < -0.3 is 4.42 Å². The summed E-state index contributed by atoms with van der Waals surface area (Å²) in [5.74, 6) is 0. The van der Waals surface area contributed by atoms with Crippen molar-refractivity contribution in [3.8, 4) is 0 Å². The Balaban J connectivity index is 3.11.